The molecule has 0 heterocycles. The second kappa shape index (κ2) is 6.41. The Morgan fingerprint density at radius 1 is 1.37 bits per heavy atom. The van der Waals surface area contributed by atoms with E-state index in [9.17, 15) is 4.79 Å². The summed E-state index contributed by atoms with van der Waals surface area (Å²) in [5.41, 5.74) is 5.38. The number of benzene rings is 1. The molecule has 104 valence electrons. The SMILES string of the molecule is CCC(C)(NC(=O)Nc1cc(Cl)cc(Cl)c1)C(N)=S. The number of carbonyl (C=O) groups is 1. The van der Waals surface area contributed by atoms with Gasteiger partial charge < -0.3 is 16.4 Å². The van der Waals surface area contributed by atoms with Gasteiger partial charge in [0.2, 0.25) is 0 Å². The fraction of sp³-hybridized carbons (Fsp3) is 0.333. The second-order valence-electron chi connectivity index (χ2n) is 4.29. The maximum atomic E-state index is 11.9. The molecule has 0 aliphatic rings. The van der Waals surface area contributed by atoms with E-state index in [0.29, 0.717) is 22.2 Å². The molecule has 1 rings (SSSR count). The van der Waals surface area contributed by atoms with Crippen LogP contribution in [-0.2, 0) is 0 Å². The summed E-state index contributed by atoms with van der Waals surface area (Å²) in [5, 5.41) is 6.24. The van der Waals surface area contributed by atoms with Gasteiger partial charge in [-0.2, -0.15) is 0 Å². The zero-order valence-corrected chi connectivity index (χ0v) is 12.9. The Morgan fingerprint density at radius 2 is 1.89 bits per heavy atom. The maximum Gasteiger partial charge on any atom is 0.320 e. The third kappa shape index (κ3) is 4.53. The third-order valence-corrected chi connectivity index (χ3v) is 3.65. The Kier molecular flexibility index (Phi) is 5.40. The lowest BCUT2D eigenvalue weighted by Gasteiger charge is -2.28. The van der Waals surface area contributed by atoms with Gasteiger partial charge in [0.1, 0.15) is 0 Å². The highest BCUT2D eigenvalue weighted by Gasteiger charge is 2.27. The van der Waals surface area contributed by atoms with Crippen LogP contribution in [0.5, 0.6) is 0 Å². The molecule has 1 atom stereocenters. The summed E-state index contributed by atoms with van der Waals surface area (Å²) in [6.45, 7) is 3.65. The smallest absolute Gasteiger partial charge is 0.320 e. The summed E-state index contributed by atoms with van der Waals surface area (Å²) in [6.07, 6.45) is 0.589. The van der Waals surface area contributed by atoms with Gasteiger partial charge in [0, 0.05) is 15.7 Å². The Hall–Kier alpha value is -1.04. The topological polar surface area (TPSA) is 67.2 Å². The number of thiocarbonyl (C=S) groups is 1. The van der Waals surface area contributed by atoms with Crippen LogP contribution in [0.3, 0.4) is 0 Å². The van der Waals surface area contributed by atoms with Crippen molar-refractivity contribution in [2.24, 2.45) is 5.73 Å². The predicted octanol–water partition coefficient (Wildman–Crippen LogP) is 3.57. The average Bonchev–Trinajstić information content (AvgIpc) is 2.26. The summed E-state index contributed by atoms with van der Waals surface area (Å²) in [5.74, 6) is 0. The Bertz CT molecular complexity index is 489. The van der Waals surface area contributed by atoms with Gasteiger partial charge in [-0.1, -0.05) is 42.3 Å². The molecule has 4 nitrogen and oxygen atoms in total. The van der Waals surface area contributed by atoms with Gasteiger partial charge in [-0.25, -0.2) is 4.79 Å². The van der Waals surface area contributed by atoms with Gasteiger partial charge >= 0.3 is 6.03 Å². The van der Waals surface area contributed by atoms with E-state index >= 15 is 0 Å². The number of carbonyl (C=O) groups excluding carboxylic acids is 1. The van der Waals surface area contributed by atoms with Crippen molar-refractivity contribution < 1.29 is 4.79 Å². The summed E-state index contributed by atoms with van der Waals surface area (Å²) >= 11 is 16.6. The van der Waals surface area contributed by atoms with Gasteiger partial charge in [0.15, 0.2) is 0 Å². The first-order chi connectivity index (χ1) is 8.76. The minimum absolute atomic E-state index is 0.231. The third-order valence-electron chi connectivity index (χ3n) is 2.76. The molecule has 7 heteroatoms. The van der Waals surface area contributed by atoms with E-state index in [-0.39, 0.29) is 4.99 Å². The first-order valence-corrected chi connectivity index (χ1v) is 6.78. The fourth-order valence-corrected chi connectivity index (χ4v) is 2.08. The summed E-state index contributed by atoms with van der Waals surface area (Å²) in [6, 6.07) is 4.35. The van der Waals surface area contributed by atoms with Crippen LogP contribution in [0, 0.1) is 0 Å². The van der Waals surface area contributed by atoms with Gasteiger partial charge in [-0.05, 0) is 31.5 Å². The number of nitrogens with two attached hydrogens (primary N) is 1. The first kappa shape index (κ1) is 16.0. The molecule has 1 aromatic carbocycles. The van der Waals surface area contributed by atoms with E-state index in [1.807, 2.05) is 6.92 Å². The van der Waals surface area contributed by atoms with Crippen LogP contribution in [-0.4, -0.2) is 16.6 Å². The molecule has 4 N–H and O–H groups in total. The molecule has 1 aromatic rings. The van der Waals surface area contributed by atoms with Crippen LogP contribution in [0.4, 0.5) is 10.5 Å². The molecular formula is C12H15Cl2N3OS. The van der Waals surface area contributed by atoms with E-state index in [1.54, 1.807) is 25.1 Å². The summed E-state index contributed by atoms with van der Waals surface area (Å²) in [4.78, 5) is 12.1. The van der Waals surface area contributed by atoms with E-state index in [4.69, 9.17) is 41.2 Å². The highest BCUT2D eigenvalue weighted by atomic mass is 35.5. The van der Waals surface area contributed by atoms with Crippen LogP contribution in [0.25, 0.3) is 0 Å². The van der Waals surface area contributed by atoms with Gasteiger partial charge in [0.05, 0.1) is 10.5 Å². The summed E-state index contributed by atoms with van der Waals surface area (Å²) in [7, 11) is 0. The quantitative estimate of drug-likeness (QED) is 0.743. The van der Waals surface area contributed by atoms with Gasteiger partial charge in [-0.3, -0.25) is 0 Å². The van der Waals surface area contributed by atoms with Crippen molar-refractivity contribution in [1.82, 2.24) is 5.32 Å². The molecule has 0 aliphatic carbocycles. The molecule has 2 amide bonds. The van der Waals surface area contributed by atoms with Crippen molar-refractivity contribution in [2.75, 3.05) is 5.32 Å². The Labute approximate surface area is 127 Å². The van der Waals surface area contributed by atoms with Crippen LogP contribution in [0.1, 0.15) is 20.3 Å². The van der Waals surface area contributed by atoms with Crippen LogP contribution >= 0.6 is 35.4 Å². The fourth-order valence-electron chi connectivity index (χ4n) is 1.36. The number of halogens is 2. The lowest BCUT2D eigenvalue weighted by Crippen LogP contribution is -2.55. The molecule has 0 saturated heterocycles. The molecule has 0 aliphatic heterocycles. The van der Waals surface area contributed by atoms with E-state index in [2.05, 4.69) is 10.6 Å². The van der Waals surface area contributed by atoms with Gasteiger partial charge in [-0.15, -0.1) is 0 Å². The van der Waals surface area contributed by atoms with Crippen molar-refractivity contribution >= 4 is 52.1 Å². The van der Waals surface area contributed by atoms with Gasteiger partial charge in [0.25, 0.3) is 0 Å². The zero-order valence-electron chi connectivity index (χ0n) is 10.6. The number of hydrogen-bond acceptors (Lipinski definition) is 2. The van der Waals surface area contributed by atoms with E-state index in [0.717, 1.165) is 0 Å². The number of anilines is 1. The summed E-state index contributed by atoms with van der Waals surface area (Å²) < 4.78 is 0. The van der Waals surface area contributed by atoms with Crippen LogP contribution in [0.2, 0.25) is 10.0 Å². The number of hydrogen-bond donors (Lipinski definition) is 3. The first-order valence-electron chi connectivity index (χ1n) is 5.62. The van der Waals surface area contributed by atoms with Crippen molar-refractivity contribution in [1.29, 1.82) is 0 Å². The maximum absolute atomic E-state index is 11.9. The number of rotatable bonds is 4. The molecule has 19 heavy (non-hydrogen) atoms. The highest BCUT2D eigenvalue weighted by molar-refractivity contribution is 7.80. The lowest BCUT2D eigenvalue weighted by molar-refractivity contribution is 0.245. The number of nitrogens with one attached hydrogen (secondary N) is 2. The molecule has 0 bridgehead atoms. The second-order valence-corrected chi connectivity index (χ2v) is 5.60. The minimum Gasteiger partial charge on any atom is -0.391 e. The van der Waals surface area contributed by atoms with Crippen LogP contribution < -0.4 is 16.4 Å². The van der Waals surface area contributed by atoms with Crippen LogP contribution in [0.15, 0.2) is 18.2 Å². The monoisotopic (exact) mass is 319 g/mol. The highest BCUT2D eigenvalue weighted by Crippen LogP contribution is 2.22. The molecule has 0 spiro atoms. The lowest BCUT2D eigenvalue weighted by atomic mass is 9.99. The number of urea groups is 1. The minimum atomic E-state index is -0.734. The van der Waals surface area contributed by atoms with Crippen molar-refractivity contribution in [2.45, 2.75) is 25.8 Å². The van der Waals surface area contributed by atoms with E-state index in [1.165, 1.54) is 0 Å². The standard InChI is InChI=1S/C12H15Cl2N3OS/c1-3-12(2,10(15)19)17-11(18)16-9-5-7(13)4-8(14)6-9/h4-6H,3H2,1-2H3,(H2,15,19)(H2,16,17,18). The van der Waals surface area contributed by atoms with Crippen molar-refractivity contribution in [3.63, 3.8) is 0 Å². The van der Waals surface area contributed by atoms with Crippen molar-refractivity contribution in [3.05, 3.63) is 28.2 Å². The zero-order chi connectivity index (χ0) is 14.6. The molecule has 0 fully saturated rings. The Morgan fingerprint density at radius 3 is 2.32 bits per heavy atom. The largest absolute Gasteiger partial charge is 0.391 e. The Balaban J connectivity index is 2.77. The predicted molar refractivity (Wildman–Crippen MR) is 84.1 cm³/mol. The van der Waals surface area contributed by atoms with Crippen molar-refractivity contribution in [3.8, 4) is 0 Å². The normalized spacial score (nSPS) is 13.5. The average molecular weight is 320 g/mol. The molecule has 1 unspecified atom stereocenters. The molecule has 0 aromatic heterocycles. The molecular weight excluding hydrogens is 305 g/mol. The molecule has 0 saturated carbocycles. The number of amides is 2. The molecule has 0 radical (unpaired) electrons. The van der Waals surface area contributed by atoms with E-state index < -0.39 is 11.6 Å².